The van der Waals surface area contributed by atoms with Crippen LogP contribution in [0, 0.1) is 0 Å². The minimum atomic E-state index is -4.42. The molecule has 0 aliphatic carbocycles. The molecule has 0 saturated carbocycles. The van der Waals surface area contributed by atoms with Crippen molar-refractivity contribution >= 4 is 19.8 Å². The van der Waals surface area contributed by atoms with Gasteiger partial charge in [0.05, 0.1) is 13.2 Å². The van der Waals surface area contributed by atoms with E-state index in [1.165, 1.54) is 89.9 Å². The largest absolute Gasteiger partial charge is 0.472 e. The van der Waals surface area contributed by atoms with Crippen molar-refractivity contribution < 1.29 is 37.6 Å². The van der Waals surface area contributed by atoms with E-state index in [4.69, 9.17) is 24.3 Å². The zero-order chi connectivity index (χ0) is 67.2. The molecule has 9 nitrogen and oxygen atoms in total. The number of carbonyl (C=O) groups is 2. The lowest BCUT2D eigenvalue weighted by Crippen LogP contribution is -2.29. The van der Waals surface area contributed by atoms with Gasteiger partial charge in [-0.2, -0.15) is 0 Å². The fraction of sp³-hybridized carbons (Fsp3) is 0.566. The molecular formula is C83H132NO8P. The van der Waals surface area contributed by atoms with Gasteiger partial charge in [0, 0.05) is 19.4 Å². The summed E-state index contributed by atoms with van der Waals surface area (Å²) in [4.78, 5) is 35.4. The smallest absolute Gasteiger partial charge is 0.462 e. The second-order valence-corrected chi connectivity index (χ2v) is 24.8. The number of ether oxygens (including phenoxy) is 2. The van der Waals surface area contributed by atoms with Crippen molar-refractivity contribution in [3.63, 3.8) is 0 Å². The molecule has 3 N–H and O–H groups in total. The predicted molar refractivity (Wildman–Crippen MR) is 403 cm³/mol. The molecule has 0 fully saturated rings. The molecule has 0 radical (unpaired) electrons. The van der Waals surface area contributed by atoms with E-state index >= 15 is 0 Å². The average molecular weight is 1300 g/mol. The Morgan fingerprint density at radius 2 is 0.559 bits per heavy atom. The molecule has 0 saturated heterocycles. The third-order valence-electron chi connectivity index (χ3n) is 14.7. The van der Waals surface area contributed by atoms with E-state index in [1.54, 1.807) is 0 Å². The van der Waals surface area contributed by atoms with Gasteiger partial charge in [0.25, 0.3) is 0 Å². The molecule has 0 heterocycles. The number of carbonyl (C=O) groups excluding carboxylic acids is 2. The van der Waals surface area contributed by atoms with Gasteiger partial charge in [0.15, 0.2) is 6.10 Å². The molecule has 0 aliphatic heterocycles. The van der Waals surface area contributed by atoms with E-state index in [2.05, 4.69) is 220 Å². The van der Waals surface area contributed by atoms with Crippen molar-refractivity contribution in [3.8, 4) is 0 Å². The number of phosphoric ester groups is 1. The first-order valence-corrected chi connectivity index (χ1v) is 38.1. The summed E-state index contributed by atoms with van der Waals surface area (Å²) >= 11 is 0. The van der Waals surface area contributed by atoms with Crippen molar-refractivity contribution in [3.05, 3.63) is 207 Å². The Morgan fingerprint density at radius 1 is 0.323 bits per heavy atom. The highest BCUT2D eigenvalue weighted by atomic mass is 31.2. The maximum absolute atomic E-state index is 12.8. The second kappa shape index (κ2) is 75.6. The van der Waals surface area contributed by atoms with Crippen LogP contribution >= 0.6 is 7.82 Å². The first kappa shape index (κ1) is 87.6. The molecule has 0 aromatic carbocycles. The van der Waals surface area contributed by atoms with Crippen LogP contribution in [0.5, 0.6) is 0 Å². The molecule has 93 heavy (non-hydrogen) atoms. The van der Waals surface area contributed by atoms with Crippen LogP contribution in [0.25, 0.3) is 0 Å². The fourth-order valence-corrected chi connectivity index (χ4v) is 10.1. The summed E-state index contributed by atoms with van der Waals surface area (Å²) in [6.07, 6.45) is 116. The van der Waals surface area contributed by atoms with Gasteiger partial charge in [0.2, 0.25) is 0 Å². The van der Waals surface area contributed by atoms with Crippen LogP contribution in [-0.4, -0.2) is 49.3 Å². The van der Waals surface area contributed by atoms with E-state index in [-0.39, 0.29) is 32.6 Å². The van der Waals surface area contributed by atoms with Gasteiger partial charge in [-0.15, -0.1) is 0 Å². The summed E-state index contributed by atoms with van der Waals surface area (Å²) in [5.41, 5.74) is 5.40. The normalized spacial score (nSPS) is 14.2. The molecule has 0 bridgehead atoms. The van der Waals surface area contributed by atoms with Crippen LogP contribution in [0.15, 0.2) is 207 Å². The first-order valence-electron chi connectivity index (χ1n) is 36.6. The Bertz CT molecular complexity index is 2280. The average Bonchev–Trinajstić information content (AvgIpc) is 3.32. The summed E-state index contributed by atoms with van der Waals surface area (Å²) in [5.74, 6) is -0.888. The maximum atomic E-state index is 12.8. The fourth-order valence-electron chi connectivity index (χ4n) is 9.35. The van der Waals surface area contributed by atoms with E-state index in [0.29, 0.717) is 6.42 Å². The maximum Gasteiger partial charge on any atom is 0.472 e. The minimum absolute atomic E-state index is 0.0364. The van der Waals surface area contributed by atoms with Crippen molar-refractivity contribution in [2.75, 3.05) is 26.4 Å². The molecule has 0 aromatic rings. The van der Waals surface area contributed by atoms with Gasteiger partial charge in [-0.1, -0.05) is 317 Å². The lowest BCUT2D eigenvalue weighted by atomic mass is 10.0. The first-order chi connectivity index (χ1) is 45.8. The number of esters is 2. The Hall–Kier alpha value is -5.41. The van der Waals surface area contributed by atoms with Crippen molar-refractivity contribution in [2.45, 2.75) is 277 Å². The van der Waals surface area contributed by atoms with Crippen LogP contribution in [0.4, 0.5) is 0 Å². The number of allylic oxidation sites excluding steroid dienone is 34. The van der Waals surface area contributed by atoms with Crippen LogP contribution in [0.3, 0.4) is 0 Å². The van der Waals surface area contributed by atoms with Gasteiger partial charge in [-0.25, -0.2) is 4.57 Å². The van der Waals surface area contributed by atoms with Gasteiger partial charge >= 0.3 is 19.8 Å². The monoisotopic (exact) mass is 1300 g/mol. The molecule has 10 heteroatoms. The van der Waals surface area contributed by atoms with E-state index in [0.717, 1.165) is 148 Å². The molecule has 2 atom stereocenters. The zero-order valence-corrected chi connectivity index (χ0v) is 59.5. The Kier molecular flexibility index (Phi) is 71.2. The number of phosphoric acid groups is 1. The molecular weight excluding hydrogens is 1170 g/mol. The van der Waals surface area contributed by atoms with Crippen LogP contribution in [0.1, 0.15) is 271 Å². The van der Waals surface area contributed by atoms with Crippen LogP contribution in [-0.2, 0) is 32.7 Å². The SMILES string of the molecule is CC/C=C\C/C=C\C/C=C\C/C=C\C/C=C\C/C=C\C/C=C\C/C=C\C/C=C\C/C=C\CCCCC(=O)OC(COC(=O)CCCCCCCCCCCCCCCCCCC/C=C\C/C=C\C/C=C\C/C=C\C/C=C\C/C=C\C/C=C\CC)COP(=O)(O)OCCN. The molecule has 0 aromatic heterocycles. The van der Waals surface area contributed by atoms with E-state index in [1.807, 2.05) is 0 Å². The van der Waals surface area contributed by atoms with E-state index < -0.39 is 32.5 Å². The van der Waals surface area contributed by atoms with Crippen molar-refractivity contribution in [1.29, 1.82) is 0 Å². The number of hydrogen-bond acceptors (Lipinski definition) is 8. The Morgan fingerprint density at radius 3 is 0.849 bits per heavy atom. The van der Waals surface area contributed by atoms with Gasteiger partial charge in [-0.05, 0) is 148 Å². The number of unbranched alkanes of at least 4 members (excludes halogenated alkanes) is 19. The summed E-state index contributed by atoms with van der Waals surface area (Å²) in [6.45, 7) is 3.45. The number of rotatable bonds is 66. The quantitative estimate of drug-likeness (QED) is 0.0264. The molecule has 0 rings (SSSR count). The minimum Gasteiger partial charge on any atom is -0.462 e. The van der Waals surface area contributed by atoms with E-state index in [9.17, 15) is 19.0 Å². The van der Waals surface area contributed by atoms with Crippen LogP contribution < -0.4 is 5.73 Å². The van der Waals surface area contributed by atoms with Gasteiger partial charge in [0.1, 0.15) is 6.61 Å². The summed E-state index contributed by atoms with van der Waals surface area (Å²) in [7, 11) is -4.42. The molecule has 522 valence electrons. The summed E-state index contributed by atoms with van der Waals surface area (Å²) < 4.78 is 33.1. The highest BCUT2D eigenvalue weighted by Gasteiger charge is 2.26. The molecule has 2 unspecified atom stereocenters. The van der Waals surface area contributed by atoms with Crippen molar-refractivity contribution in [1.82, 2.24) is 0 Å². The Balaban J connectivity index is 3.99. The lowest BCUT2D eigenvalue weighted by molar-refractivity contribution is -0.161. The number of nitrogens with two attached hydrogens (primary N) is 1. The zero-order valence-electron chi connectivity index (χ0n) is 58.6. The van der Waals surface area contributed by atoms with Gasteiger partial charge < -0.3 is 20.1 Å². The molecule has 0 aliphatic rings. The second-order valence-electron chi connectivity index (χ2n) is 23.3. The summed E-state index contributed by atoms with van der Waals surface area (Å²) in [6, 6.07) is 0. The lowest BCUT2D eigenvalue weighted by Gasteiger charge is -2.19. The Labute approximate surface area is 569 Å². The van der Waals surface area contributed by atoms with Gasteiger partial charge in [-0.3, -0.25) is 18.6 Å². The van der Waals surface area contributed by atoms with Crippen molar-refractivity contribution in [2.24, 2.45) is 5.73 Å². The van der Waals surface area contributed by atoms with Crippen LogP contribution in [0.2, 0.25) is 0 Å². The summed E-state index contributed by atoms with van der Waals surface area (Å²) in [5, 5.41) is 0. The topological polar surface area (TPSA) is 134 Å². The predicted octanol–water partition coefficient (Wildman–Crippen LogP) is 24.6. The highest BCUT2D eigenvalue weighted by Crippen LogP contribution is 2.43. The third kappa shape index (κ3) is 75.5. The standard InChI is InChI=1S/C83H132NO8P/c1-3-5-7-9-11-13-15-17-19-21-23-25-27-29-31-33-35-37-38-39-40-41-42-44-45-47-49-51-53-55-57-59-61-63-65-67-69-71-73-75-82(85)89-79-81(80-91-93(87,88)90-78-77-84)92-83(86)76-74-72-70-68-66-64-62-60-58-56-54-52-50-48-46-43-36-34-32-30-28-26-24-22-20-18-16-14-12-10-8-6-4-2/h5-8,11-14,17-20,23-26,29-32,35-37,39-40,43,48,50,54,56,60,62,66,68,81H,3-4,9-10,15-16,21-22,27-28,33-34,38,41-42,44-47,49,51-53,55,57-59,61,63-65,67,69-80,84H2,1-2H3,(H,87,88)/b7-5-,8-6-,13-11-,14-12-,19-17-,20-18-,25-23-,26-24-,31-29-,32-30-,37-35-,40-39-,43-36-,50-48-,56-54-,62-60-,68-66-. The molecule has 0 spiro atoms. The molecule has 0 amide bonds. The third-order valence-corrected chi connectivity index (χ3v) is 15.6. The highest BCUT2D eigenvalue weighted by molar-refractivity contribution is 7.47. The number of hydrogen-bond donors (Lipinski definition) is 2.